The lowest BCUT2D eigenvalue weighted by atomic mass is 10.2. The van der Waals surface area contributed by atoms with Crippen LogP contribution >= 0.6 is 0 Å². The minimum absolute atomic E-state index is 0.370. The SMILES string of the molecule is C[C@@H](C=CN)NCCCCN[C@@H](C)CCN. The highest BCUT2D eigenvalue weighted by Gasteiger charge is 1.98. The van der Waals surface area contributed by atoms with Gasteiger partial charge in [-0.15, -0.1) is 0 Å². The standard InChI is InChI=1S/C12H28N4/c1-11(5-7-13)15-9-3-4-10-16-12(2)6-8-14/h5,7,11-12,15-16H,3-4,6,8-10,13-14H2,1-2H3/t11-,12-/m0/s1. The summed E-state index contributed by atoms with van der Waals surface area (Å²) in [5.41, 5.74) is 10.8. The number of nitrogens with two attached hydrogens (primary N) is 2. The highest BCUT2D eigenvalue weighted by Crippen LogP contribution is 1.91. The molecule has 0 aliphatic rings. The van der Waals surface area contributed by atoms with Gasteiger partial charge in [0, 0.05) is 12.1 Å². The molecule has 0 unspecified atom stereocenters. The maximum atomic E-state index is 5.48. The molecule has 2 atom stereocenters. The Morgan fingerprint density at radius 1 is 1.12 bits per heavy atom. The van der Waals surface area contributed by atoms with Crippen LogP contribution < -0.4 is 22.1 Å². The van der Waals surface area contributed by atoms with Gasteiger partial charge in [-0.25, -0.2) is 0 Å². The van der Waals surface area contributed by atoms with E-state index in [1.807, 2.05) is 6.08 Å². The van der Waals surface area contributed by atoms with E-state index in [-0.39, 0.29) is 0 Å². The summed E-state index contributed by atoms with van der Waals surface area (Å²) in [6.45, 7) is 7.16. The molecule has 0 aromatic rings. The summed E-state index contributed by atoms with van der Waals surface area (Å²) in [6.07, 6.45) is 6.98. The summed E-state index contributed by atoms with van der Waals surface area (Å²) < 4.78 is 0. The molecule has 0 aromatic carbocycles. The molecule has 96 valence electrons. The molecule has 16 heavy (non-hydrogen) atoms. The fourth-order valence-electron chi connectivity index (χ4n) is 1.51. The molecule has 0 fully saturated rings. The first-order valence-electron chi connectivity index (χ1n) is 6.26. The zero-order chi connectivity index (χ0) is 12.2. The number of nitrogens with one attached hydrogen (secondary N) is 2. The zero-order valence-corrected chi connectivity index (χ0v) is 10.7. The lowest BCUT2D eigenvalue weighted by Gasteiger charge is -2.13. The van der Waals surface area contributed by atoms with E-state index in [1.165, 1.54) is 12.8 Å². The number of unbranched alkanes of at least 4 members (excludes halogenated alkanes) is 1. The topological polar surface area (TPSA) is 76.1 Å². The predicted octanol–water partition coefficient (Wildman–Crippen LogP) is 0.544. The van der Waals surface area contributed by atoms with Crippen LogP contribution in [0, 0.1) is 0 Å². The van der Waals surface area contributed by atoms with Crippen molar-refractivity contribution >= 4 is 0 Å². The normalized spacial score (nSPS) is 15.4. The van der Waals surface area contributed by atoms with Crippen LogP contribution in [0.4, 0.5) is 0 Å². The Hall–Kier alpha value is -0.580. The summed E-state index contributed by atoms with van der Waals surface area (Å²) in [5, 5.41) is 6.84. The Bertz CT molecular complexity index is 170. The van der Waals surface area contributed by atoms with Crippen molar-refractivity contribution < 1.29 is 0 Å². The molecule has 4 heteroatoms. The van der Waals surface area contributed by atoms with Gasteiger partial charge in [0.2, 0.25) is 0 Å². The Balaban J connectivity index is 3.21. The van der Waals surface area contributed by atoms with Crippen molar-refractivity contribution in [2.75, 3.05) is 19.6 Å². The Morgan fingerprint density at radius 2 is 1.75 bits per heavy atom. The van der Waals surface area contributed by atoms with Gasteiger partial charge in [-0.2, -0.15) is 0 Å². The van der Waals surface area contributed by atoms with E-state index in [1.54, 1.807) is 6.20 Å². The number of hydrogen-bond donors (Lipinski definition) is 4. The van der Waals surface area contributed by atoms with Crippen molar-refractivity contribution in [2.45, 2.75) is 45.2 Å². The van der Waals surface area contributed by atoms with Crippen molar-refractivity contribution in [1.82, 2.24) is 10.6 Å². The van der Waals surface area contributed by atoms with Crippen molar-refractivity contribution in [2.24, 2.45) is 11.5 Å². The van der Waals surface area contributed by atoms with E-state index in [9.17, 15) is 0 Å². The molecule has 0 amide bonds. The molecule has 0 saturated carbocycles. The van der Waals surface area contributed by atoms with Crippen LogP contribution in [0.5, 0.6) is 0 Å². The smallest absolute Gasteiger partial charge is 0.0238 e. The molecule has 0 aliphatic heterocycles. The van der Waals surface area contributed by atoms with E-state index in [0.717, 1.165) is 26.1 Å². The van der Waals surface area contributed by atoms with Crippen molar-refractivity contribution in [3.63, 3.8) is 0 Å². The third-order valence-corrected chi connectivity index (χ3v) is 2.56. The van der Waals surface area contributed by atoms with Gasteiger partial charge in [0.1, 0.15) is 0 Å². The van der Waals surface area contributed by atoms with Crippen LogP contribution in [0.1, 0.15) is 33.1 Å². The molecular formula is C12H28N4. The molecule has 4 nitrogen and oxygen atoms in total. The van der Waals surface area contributed by atoms with Crippen molar-refractivity contribution in [1.29, 1.82) is 0 Å². The highest BCUT2D eigenvalue weighted by molar-refractivity contribution is 4.86. The van der Waals surface area contributed by atoms with Gasteiger partial charge in [0.05, 0.1) is 0 Å². The molecule has 0 radical (unpaired) electrons. The van der Waals surface area contributed by atoms with E-state index in [2.05, 4.69) is 24.5 Å². The molecule has 0 saturated heterocycles. The molecular weight excluding hydrogens is 200 g/mol. The first-order valence-corrected chi connectivity index (χ1v) is 6.26. The van der Waals surface area contributed by atoms with E-state index in [4.69, 9.17) is 11.5 Å². The molecule has 0 bridgehead atoms. The fraction of sp³-hybridized carbons (Fsp3) is 0.833. The largest absolute Gasteiger partial charge is 0.405 e. The average molecular weight is 228 g/mol. The number of hydrogen-bond acceptors (Lipinski definition) is 4. The summed E-state index contributed by atoms with van der Waals surface area (Å²) >= 11 is 0. The van der Waals surface area contributed by atoms with Gasteiger partial charge in [0.15, 0.2) is 0 Å². The summed E-state index contributed by atoms with van der Waals surface area (Å²) in [4.78, 5) is 0. The predicted molar refractivity (Wildman–Crippen MR) is 71.2 cm³/mol. The van der Waals surface area contributed by atoms with Crippen LogP contribution in [0.2, 0.25) is 0 Å². The van der Waals surface area contributed by atoms with E-state index in [0.29, 0.717) is 12.1 Å². The summed E-state index contributed by atoms with van der Waals surface area (Å²) in [7, 11) is 0. The maximum absolute atomic E-state index is 5.48. The lowest BCUT2D eigenvalue weighted by Crippen LogP contribution is -2.30. The van der Waals surface area contributed by atoms with Crippen molar-refractivity contribution in [3.8, 4) is 0 Å². The second-order valence-corrected chi connectivity index (χ2v) is 4.27. The quantitative estimate of drug-likeness (QED) is 0.412. The van der Waals surface area contributed by atoms with E-state index >= 15 is 0 Å². The molecule has 0 aromatic heterocycles. The van der Waals surface area contributed by atoms with Crippen molar-refractivity contribution in [3.05, 3.63) is 12.3 Å². The molecule has 0 aliphatic carbocycles. The van der Waals surface area contributed by atoms with Gasteiger partial charge in [-0.3, -0.25) is 0 Å². The van der Waals surface area contributed by atoms with Crippen LogP contribution in [-0.2, 0) is 0 Å². The third kappa shape index (κ3) is 9.96. The van der Waals surface area contributed by atoms with Gasteiger partial charge < -0.3 is 22.1 Å². The van der Waals surface area contributed by atoms with Crippen LogP contribution in [0.15, 0.2) is 12.3 Å². The van der Waals surface area contributed by atoms with Gasteiger partial charge in [-0.05, 0) is 58.9 Å². The average Bonchev–Trinajstić information content (AvgIpc) is 2.24. The monoisotopic (exact) mass is 228 g/mol. The third-order valence-electron chi connectivity index (χ3n) is 2.56. The highest BCUT2D eigenvalue weighted by atomic mass is 14.9. The van der Waals surface area contributed by atoms with Crippen LogP contribution in [0.3, 0.4) is 0 Å². The fourth-order valence-corrected chi connectivity index (χ4v) is 1.51. The molecule has 6 N–H and O–H groups in total. The first kappa shape index (κ1) is 15.4. The van der Waals surface area contributed by atoms with Crippen LogP contribution in [-0.4, -0.2) is 31.7 Å². The van der Waals surface area contributed by atoms with Gasteiger partial charge >= 0.3 is 0 Å². The summed E-state index contributed by atoms with van der Waals surface area (Å²) in [6, 6.07) is 0.908. The minimum Gasteiger partial charge on any atom is -0.405 e. The van der Waals surface area contributed by atoms with Gasteiger partial charge in [0.25, 0.3) is 0 Å². The Labute approximate surface area is 99.8 Å². The molecule has 0 rings (SSSR count). The molecule has 0 heterocycles. The Morgan fingerprint density at radius 3 is 2.31 bits per heavy atom. The van der Waals surface area contributed by atoms with Crippen LogP contribution in [0.25, 0.3) is 0 Å². The molecule has 0 spiro atoms. The lowest BCUT2D eigenvalue weighted by molar-refractivity contribution is 0.495. The first-order chi connectivity index (χ1) is 7.70. The van der Waals surface area contributed by atoms with Gasteiger partial charge in [-0.1, -0.05) is 6.08 Å². The maximum Gasteiger partial charge on any atom is 0.0238 e. The zero-order valence-electron chi connectivity index (χ0n) is 10.7. The second kappa shape index (κ2) is 10.9. The Kier molecular flexibility index (Phi) is 10.5. The minimum atomic E-state index is 0.370. The number of rotatable bonds is 10. The second-order valence-electron chi connectivity index (χ2n) is 4.27. The van der Waals surface area contributed by atoms with E-state index < -0.39 is 0 Å². The summed E-state index contributed by atoms with van der Waals surface area (Å²) in [5.74, 6) is 0.